The number of nitrogens with one attached hydrogen (secondary N) is 1. The van der Waals surface area contributed by atoms with Gasteiger partial charge in [0.15, 0.2) is 0 Å². The molecule has 1 aliphatic carbocycles. The molecule has 0 unspecified atom stereocenters. The lowest BCUT2D eigenvalue weighted by Gasteiger charge is -2.32. The van der Waals surface area contributed by atoms with Gasteiger partial charge in [-0.15, -0.1) is 0 Å². The van der Waals surface area contributed by atoms with Gasteiger partial charge in [-0.25, -0.2) is 9.37 Å². The Balaban J connectivity index is 1.20. The average molecular weight is 442 g/mol. The Morgan fingerprint density at radius 2 is 1.88 bits per heavy atom. The van der Waals surface area contributed by atoms with E-state index in [-0.39, 0.29) is 5.82 Å². The fourth-order valence-corrected chi connectivity index (χ4v) is 5.33. The van der Waals surface area contributed by atoms with Gasteiger partial charge in [-0.05, 0) is 85.5 Å². The molecule has 0 saturated heterocycles. The summed E-state index contributed by atoms with van der Waals surface area (Å²) in [6, 6.07) is 12.9. The first-order chi connectivity index (χ1) is 16.2. The lowest BCUT2D eigenvalue weighted by atomic mass is 9.73. The maximum Gasteiger partial charge on any atom is 0.214 e. The fourth-order valence-electron chi connectivity index (χ4n) is 5.33. The number of benzene rings is 2. The maximum atomic E-state index is 13.9. The lowest BCUT2D eigenvalue weighted by molar-refractivity contribution is 0.286. The molecule has 0 spiro atoms. The van der Waals surface area contributed by atoms with Gasteiger partial charge in [0, 0.05) is 23.1 Å². The third-order valence-electron chi connectivity index (χ3n) is 7.21. The smallest absolute Gasteiger partial charge is 0.214 e. The maximum absolute atomic E-state index is 13.9. The number of nitrogens with zero attached hydrogens (tertiary/aromatic N) is 4. The molecule has 2 aromatic carbocycles. The van der Waals surface area contributed by atoms with Gasteiger partial charge < -0.3 is 9.51 Å². The minimum Gasteiger partial charge on any atom is -0.342 e. The molecular weight excluding hydrogens is 417 g/mol. The SMILES string of the molecule is C[C@@H](c1nc2cc(-c3ncon3)ccc2[nH]1)[C@H]1CC[C@@H](c2ccnc3ccc(F)cc32)CC1. The number of hydrogen-bond acceptors (Lipinski definition) is 5. The first-order valence-electron chi connectivity index (χ1n) is 11.5. The molecule has 7 heteroatoms. The highest BCUT2D eigenvalue weighted by Crippen LogP contribution is 2.43. The lowest BCUT2D eigenvalue weighted by Crippen LogP contribution is -2.19. The number of aromatic amines is 1. The van der Waals surface area contributed by atoms with Gasteiger partial charge >= 0.3 is 0 Å². The second-order valence-electron chi connectivity index (χ2n) is 9.07. The molecule has 6 rings (SSSR count). The Bertz CT molecular complexity index is 1420. The van der Waals surface area contributed by atoms with Gasteiger partial charge in [-0.2, -0.15) is 4.98 Å². The molecule has 5 aromatic rings. The molecule has 0 aliphatic heterocycles. The number of halogens is 1. The third-order valence-corrected chi connectivity index (χ3v) is 7.21. The standard InChI is InChI=1S/C26H24FN5O/c1-15(25-30-23-8-6-18(12-24(23)31-25)26-29-14-33-32-26)16-2-4-17(5-3-16)20-10-11-28-22-9-7-19(27)13-21(20)22/h6-17H,2-5H2,1H3,(H,30,31)/t15-,16-,17+/m1/s1. The van der Waals surface area contributed by atoms with Crippen molar-refractivity contribution in [1.82, 2.24) is 25.1 Å². The van der Waals surface area contributed by atoms with Crippen LogP contribution in [0.2, 0.25) is 0 Å². The molecule has 1 N–H and O–H groups in total. The second-order valence-corrected chi connectivity index (χ2v) is 9.07. The summed E-state index contributed by atoms with van der Waals surface area (Å²) >= 11 is 0. The molecule has 33 heavy (non-hydrogen) atoms. The normalized spacial score (nSPS) is 19.8. The third kappa shape index (κ3) is 3.67. The Morgan fingerprint density at radius 1 is 1.00 bits per heavy atom. The van der Waals surface area contributed by atoms with Gasteiger partial charge in [0.05, 0.1) is 16.6 Å². The number of aromatic nitrogens is 5. The van der Waals surface area contributed by atoms with E-state index in [2.05, 4.69) is 33.1 Å². The van der Waals surface area contributed by atoms with Gasteiger partial charge in [0.25, 0.3) is 0 Å². The van der Waals surface area contributed by atoms with Crippen molar-refractivity contribution >= 4 is 21.9 Å². The van der Waals surface area contributed by atoms with Crippen LogP contribution in [0.4, 0.5) is 4.39 Å². The second kappa shape index (κ2) is 8.06. The molecule has 0 amide bonds. The van der Waals surface area contributed by atoms with Gasteiger partial charge in [0.1, 0.15) is 11.6 Å². The molecule has 3 heterocycles. The van der Waals surface area contributed by atoms with Crippen molar-refractivity contribution in [3.63, 3.8) is 0 Å². The largest absolute Gasteiger partial charge is 0.342 e. The van der Waals surface area contributed by atoms with Crippen molar-refractivity contribution in [3.8, 4) is 11.4 Å². The van der Waals surface area contributed by atoms with E-state index < -0.39 is 0 Å². The molecule has 0 bridgehead atoms. The summed E-state index contributed by atoms with van der Waals surface area (Å²) in [6.45, 7) is 2.26. The molecular formula is C26H24FN5O. The van der Waals surface area contributed by atoms with Crippen LogP contribution in [0.25, 0.3) is 33.3 Å². The van der Waals surface area contributed by atoms with Crippen LogP contribution in [0, 0.1) is 11.7 Å². The first-order valence-corrected chi connectivity index (χ1v) is 11.5. The van der Waals surface area contributed by atoms with E-state index in [0.29, 0.717) is 23.6 Å². The predicted molar refractivity (Wildman–Crippen MR) is 124 cm³/mol. The van der Waals surface area contributed by atoms with Gasteiger partial charge in [-0.3, -0.25) is 4.98 Å². The highest BCUT2D eigenvalue weighted by Gasteiger charge is 2.29. The van der Waals surface area contributed by atoms with E-state index in [4.69, 9.17) is 9.51 Å². The van der Waals surface area contributed by atoms with E-state index in [0.717, 1.165) is 59.0 Å². The van der Waals surface area contributed by atoms with Crippen molar-refractivity contribution in [1.29, 1.82) is 0 Å². The molecule has 1 fully saturated rings. The first kappa shape index (κ1) is 20.0. The number of rotatable bonds is 4. The minimum absolute atomic E-state index is 0.202. The zero-order valence-corrected chi connectivity index (χ0v) is 18.3. The van der Waals surface area contributed by atoms with E-state index in [1.807, 2.05) is 24.4 Å². The highest BCUT2D eigenvalue weighted by atomic mass is 19.1. The molecule has 166 valence electrons. The molecule has 0 radical (unpaired) electrons. The number of imidazole rings is 1. The zero-order chi connectivity index (χ0) is 22.4. The number of fused-ring (bicyclic) bond motifs is 2. The van der Waals surface area contributed by atoms with Crippen LogP contribution in [-0.2, 0) is 0 Å². The van der Waals surface area contributed by atoms with Crippen LogP contribution in [0.15, 0.2) is 59.6 Å². The topological polar surface area (TPSA) is 80.5 Å². The van der Waals surface area contributed by atoms with E-state index in [9.17, 15) is 4.39 Å². The molecule has 6 nitrogen and oxygen atoms in total. The summed E-state index contributed by atoms with van der Waals surface area (Å²) in [5, 5.41) is 4.86. The quantitative estimate of drug-likeness (QED) is 0.350. The Morgan fingerprint density at radius 3 is 2.70 bits per heavy atom. The molecule has 1 aliphatic rings. The van der Waals surface area contributed by atoms with Crippen molar-refractivity contribution in [3.05, 3.63) is 72.3 Å². The Kier molecular flexibility index (Phi) is 4.89. The van der Waals surface area contributed by atoms with Crippen LogP contribution in [-0.4, -0.2) is 25.1 Å². The minimum atomic E-state index is -0.202. The van der Waals surface area contributed by atoms with E-state index >= 15 is 0 Å². The fraction of sp³-hybridized carbons (Fsp3) is 0.308. The van der Waals surface area contributed by atoms with E-state index in [1.54, 1.807) is 12.1 Å². The summed E-state index contributed by atoms with van der Waals surface area (Å²) < 4.78 is 18.7. The van der Waals surface area contributed by atoms with E-state index in [1.165, 1.54) is 18.0 Å². The molecule has 1 atom stereocenters. The zero-order valence-electron chi connectivity index (χ0n) is 18.3. The average Bonchev–Trinajstić information content (AvgIpc) is 3.53. The number of H-pyrrole nitrogens is 1. The van der Waals surface area contributed by atoms with Gasteiger partial charge in [-0.1, -0.05) is 12.1 Å². The molecule has 3 aromatic heterocycles. The number of hydrogen-bond donors (Lipinski definition) is 1. The molecule has 1 saturated carbocycles. The predicted octanol–water partition coefficient (Wildman–Crippen LogP) is 6.38. The van der Waals surface area contributed by atoms with Crippen LogP contribution in [0.3, 0.4) is 0 Å². The highest BCUT2D eigenvalue weighted by molar-refractivity contribution is 5.82. The summed E-state index contributed by atoms with van der Waals surface area (Å²) in [5.41, 5.74) is 4.92. The van der Waals surface area contributed by atoms with Crippen LogP contribution in [0.1, 0.15) is 55.8 Å². The summed E-state index contributed by atoms with van der Waals surface area (Å²) in [4.78, 5) is 16.9. The van der Waals surface area contributed by atoms with Crippen molar-refractivity contribution in [2.45, 2.75) is 44.4 Å². The van der Waals surface area contributed by atoms with Gasteiger partial charge in [0.2, 0.25) is 12.2 Å². The Hall–Kier alpha value is -3.61. The summed E-state index contributed by atoms with van der Waals surface area (Å²) in [7, 11) is 0. The summed E-state index contributed by atoms with van der Waals surface area (Å²) in [5.74, 6) is 2.72. The number of pyridine rings is 1. The van der Waals surface area contributed by atoms with Crippen molar-refractivity contribution < 1.29 is 8.91 Å². The van der Waals surface area contributed by atoms with Crippen LogP contribution < -0.4 is 0 Å². The Labute approximate surface area is 190 Å². The monoisotopic (exact) mass is 441 g/mol. The van der Waals surface area contributed by atoms with Crippen molar-refractivity contribution in [2.24, 2.45) is 5.92 Å². The van der Waals surface area contributed by atoms with Crippen LogP contribution in [0.5, 0.6) is 0 Å². The van der Waals surface area contributed by atoms with Crippen molar-refractivity contribution in [2.75, 3.05) is 0 Å². The van der Waals surface area contributed by atoms with Crippen LogP contribution >= 0.6 is 0 Å². The summed E-state index contributed by atoms with van der Waals surface area (Å²) in [6.07, 6.45) is 7.60.